The van der Waals surface area contributed by atoms with Crippen LogP contribution in [-0.4, -0.2) is 30.7 Å². The van der Waals surface area contributed by atoms with E-state index in [4.69, 9.17) is 0 Å². The highest BCUT2D eigenvalue weighted by molar-refractivity contribution is 5.92. The van der Waals surface area contributed by atoms with Gasteiger partial charge in [-0.1, -0.05) is 19.1 Å². The zero-order chi connectivity index (χ0) is 21.1. The molecule has 0 unspecified atom stereocenters. The first-order chi connectivity index (χ1) is 14.5. The van der Waals surface area contributed by atoms with Crippen LogP contribution >= 0.6 is 0 Å². The quantitative estimate of drug-likeness (QED) is 0.506. The van der Waals surface area contributed by atoms with Crippen molar-refractivity contribution in [1.82, 2.24) is 24.8 Å². The van der Waals surface area contributed by atoms with Crippen molar-refractivity contribution >= 4 is 22.6 Å². The summed E-state index contributed by atoms with van der Waals surface area (Å²) in [6, 6.07) is 9.44. The number of amides is 1. The van der Waals surface area contributed by atoms with Crippen molar-refractivity contribution in [3.8, 4) is 0 Å². The number of carbonyl (C=O) groups is 1. The maximum absolute atomic E-state index is 13.3. The average Bonchev–Trinajstić information content (AvgIpc) is 3.31. The van der Waals surface area contributed by atoms with Crippen LogP contribution < -0.4 is 5.32 Å². The van der Waals surface area contributed by atoms with Gasteiger partial charge in [-0.15, -0.1) is 5.10 Å². The van der Waals surface area contributed by atoms with Crippen molar-refractivity contribution in [2.24, 2.45) is 0 Å². The molecule has 0 aliphatic rings. The summed E-state index contributed by atoms with van der Waals surface area (Å²) in [7, 11) is 0. The number of nitrogens with one attached hydrogen (secondary N) is 1. The summed E-state index contributed by atoms with van der Waals surface area (Å²) in [6.45, 7) is 3.11. The predicted octanol–water partition coefficient (Wildman–Crippen LogP) is 3.55. The normalized spacial score (nSPS) is 11.2. The second-order valence-corrected chi connectivity index (χ2v) is 6.99. The fourth-order valence-corrected chi connectivity index (χ4v) is 3.24. The number of rotatable bonds is 7. The van der Waals surface area contributed by atoms with Gasteiger partial charge in [-0.2, -0.15) is 15.0 Å². The van der Waals surface area contributed by atoms with Crippen LogP contribution in [0, 0.1) is 11.6 Å². The third-order valence-corrected chi connectivity index (χ3v) is 4.62. The summed E-state index contributed by atoms with van der Waals surface area (Å²) in [5.74, 6) is -1.77. The third kappa shape index (κ3) is 4.35. The molecular weight excluding hydrogens is 390 g/mol. The van der Waals surface area contributed by atoms with Gasteiger partial charge in [0.05, 0.1) is 30.9 Å². The first-order valence-electron chi connectivity index (χ1n) is 9.60. The first-order valence-corrected chi connectivity index (χ1v) is 9.60. The molecular formula is C21H20F2N6O. The molecule has 1 amide bonds. The van der Waals surface area contributed by atoms with Gasteiger partial charge >= 0.3 is 0 Å². The third-order valence-electron chi connectivity index (χ3n) is 4.62. The van der Waals surface area contributed by atoms with Crippen LogP contribution in [0.2, 0.25) is 0 Å². The fraction of sp³-hybridized carbons (Fsp3) is 0.238. The fourth-order valence-electron chi connectivity index (χ4n) is 3.24. The van der Waals surface area contributed by atoms with E-state index in [1.807, 2.05) is 22.9 Å². The number of nitrogens with zero attached hydrogens (tertiary/aromatic N) is 5. The maximum Gasteiger partial charge on any atom is 0.230 e. The molecule has 0 aliphatic heterocycles. The Labute approximate surface area is 171 Å². The van der Waals surface area contributed by atoms with Crippen LogP contribution in [0.5, 0.6) is 0 Å². The predicted molar refractivity (Wildman–Crippen MR) is 108 cm³/mol. The van der Waals surface area contributed by atoms with Crippen molar-refractivity contribution < 1.29 is 13.6 Å². The number of fused-ring (bicyclic) bond motifs is 1. The Hall–Kier alpha value is -3.62. The van der Waals surface area contributed by atoms with E-state index in [2.05, 4.69) is 27.5 Å². The van der Waals surface area contributed by atoms with Gasteiger partial charge in [0, 0.05) is 11.9 Å². The van der Waals surface area contributed by atoms with E-state index in [1.165, 1.54) is 17.1 Å². The summed E-state index contributed by atoms with van der Waals surface area (Å²) >= 11 is 0. The standard InChI is InChI=1S/C21H20F2N6O/c1-2-7-28-19-6-4-14(8-16(19)11-24-28)10-21(30)26-20-12-25-29(27-20)13-15-3-5-17(22)18(23)9-15/h3-6,8-9,11-12H,2,7,10,13H2,1H3,(H,26,27,30). The van der Waals surface area contributed by atoms with E-state index in [1.54, 1.807) is 6.20 Å². The SMILES string of the molecule is CCCn1ncc2cc(CC(=O)Nc3cnn(Cc4ccc(F)c(F)c4)n3)ccc21. The molecule has 2 aromatic carbocycles. The second-order valence-electron chi connectivity index (χ2n) is 6.99. The Bertz CT molecular complexity index is 1200. The van der Waals surface area contributed by atoms with Crippen LogP contribution in [0.15, 0.2) is 48.8 Å². The lowest BCUT2D eigenvalue weighted by Gasteiger charge is -2.04. The molecule has 30 heavy (non-hydrogen) atoms. The highest BCUT2D eigenvalue weighted by Gasteiger charge is 2.10. The van der Waals surface area contributed by atoms with E-state index >= 15 is 0 Å². The summed E-state index contributed by atoms with van der Waals surface area (Å²) in [6.07, 6.45) is 4.40. The summed E-state index contributed by atoms with van der Waals surface area (Å²) in [4.78, 5) is 13.7. The van der Waals surface area contributed by atoms with E-state index in [9.17, 15) is 13.6 Å². The molecule has 2 aromatic heterocycles. The minimum atomic E-state index is -0.926. The molecule has 0 saturated carbocycles. The minimum absolute atomic E-state index is 0.158. The van der Waals surface area contributed by atoms with Crippen LogP contribution in [0.1, 0.15) is 24.5 Å². The van der Waals surface area contributed by atoms with Gasteiger partial charge in [0.1, 0.15) is 0 Å². The molecule has 0 aliphatic carbocycles. The Balaban J connectivity index is 1.38. The molecule has 1 N–H and O–H groups in total. The molecule has 0 radical (unpaired) electrons. The van der Waals surface area contributed by atoms with Crippen molar-refractivity contribution in [2.45, 2.75) is 32.9 Å². The lowest BCUT2D eigenvalue weighted by Crippen LogP contribution is -2.15. The van der Waals surface area contributed by atoms with Gasteiger partial charge in [-0.05, 0) is 41.8 Å². The van der Waals surface area contributed by atoms with E-state index < -0.39 is 11.6 Å². The number of carbonyl (C=O) groups excluding carboxylic acids is 1. The molecule has 0 saturated heterocycles. The number of hydrogen-bond acceptors (Lipinski definition) is 4. The second kappa shape index (κ2) is 8.40. The van der Waals surface area contributed by atoms with Crippen LogP contribution in [0.25, 0.3) is 10.9 Å². The van der Waals surface area contributed by atoms with Gasteiger partial charge in [0.2, 0.25) is 5.91 Å². The average molecular weight is 410 g/mol. The number of halogens is 2. The van der Waals surface area contributed by atoms with Crippen LogP contribution in [-0.2, 0) is 24.3 Å². The van der Waals surface area contributed by atoms with E-state index in [0.717, 1.165) is 41.6 Å². The lowest BCUT2D eigenvalue weighted by atomic mass is 10.1. The molecule has 9 heteroatoms. The molecule has 2 heterocycles. The van der Waals surface area contributed by atoms with Crippen LogP contribution in [0.3, 0.4) is 0 Å². The zero-order valence-corrected chi connectivity index (χ0v) is 16.3. The number of aromatic nitrogens is 5. The van der Waals surface area contributed by atoms with Crippen molar-refractivity contribution in [2.75, 3.05) is 5.32 Å². The van der Waals surface area contributed by atoms with E-state index in [-0.39, 0.29) is 18.9 Å². The van der Waals surface area contributed by atoms with Gasteiger partial charge in [0.15, 0.2) is 17.5 Å². The molecule has 0 bridgehead atoms. The number of hydrogen-bond donors (Lipinski definition) is 1. The summed E-state index contributed by atoms with van der Waals surface area (Å²) in [5, 5.41) is 16.3. The molecule has 7 nitrogen and oxygen atoms in total. The highest BCUT2D eigenvalue weighted by atomic mass is 19.2. The largest absolute Gasteiger partial charge is 0.308 e. The van der Waals surface area contributed by atoms with Gasteiger partial charge < -0.3 is 5.32 Å². The van der Waals surface area contributed by atoms with Crippen molar-refractivity contribution in [3.05, 3.63) is 71.6 Å². The smallest absolute Gasteiger partial charge is 0.230 e. The molecule has 4 rings (SSSR count). The van der Waals surface area contributed by atoms with Gasteiger partial charge in [0.25, 0.3) is 0 Å². The molecule has 4 aromatic rings. The van der Waals surface area contributed by atoms with Gasteiger partial charge in [-0.25, -0.2) is 8.78 Å². The molecule has 154 valence electrons. The Morgan fingerprint density at radius 3 is 2.67 bits per heavy atom. The number of benzene rings is 2. The molecule has 0 fully saturated rings. The first kappa shape index (κ1) is 19.7. The number of aryl methyl sites for hydroxylation is 1. The highest BCUT2D eigenvalue weighted by Crippen LogP contribution is 2.17. The van der Waals surface area contributed by atoms with Gasteiger partial charge in [-0.3, -0.25) is 9.48 Å². The lowest BCUT2D eigenvalue weighted by molar-refractivity contribution is -0.115. The number of anilines is 1. The Morgan fingerprint density at radius 2 is 1.87 bits per heavy atom. The summed E-state index contributed by atoms with van der Waals surface area (Å²) in [5.41, 5.74) is 2.42. The topological polar surface area (TPSA) is 77.6 Å². The molecule has 0 spiro atoms. The molecule has 0 atom stereocenters. The minimum Gasteiger partial charge on any atom is -0.308 e. The van der Waals surface area contributed by atoms with Crippen LogP contribution in [0.4, 0.5) is 14.6 Å². The van der Waals surface area contributed by atoms with E-state index in [0.29, 0.717) is 11.4 Å². The van der Waals surface area contributed by atoms with Crippen molar-refractivity contribution in [1.29, 1.82) is 0 Å². The maximum atomic E-state index is 13.3. The Kier molecular flexibility index (Phi) is 5.51. The summed E-state index contributed by atoms with van der Waals surface area (Å²) < 4.78 is 28.3. The monoisotopic (exact) mass is 410 g/mol. The Morgan fingerprint density at radius 1 is 1.03 bits per heavy atom. The zero-order valence-electron chi connectivity index (χ0n) is 16.3. The van der Waals surface area contributed by atoms with Crippen molar-refractivity contribution in [3.63, 3.8) is 0 Å².